The van der Waals surface area contributed by atoms with E-state index in [-0.39, 0.29) is 11.3 Å². The van der Waals surface area contributed by atoms with Crippen molar-refractivity contribution in [1.29, 1.82) is 0 Å². The molecule has 0 saturated carbocycles. The summed E-state index contributed by atoms with van der Waals surface area (Å²) in [6, 6.07) is 9.49. The molecule has 10 heteroatoms. The van der Waals surface area contributed by atoms with E-state index in [2.05, 4.69) is 5.32 Å². The number of ether oxygens (including phenoxy) is 1. The Morgan fingerprint density at radius 2 is 1.29 bits per heavy atom. The molecular formula is C18H13F6NO3. The molecule has 0 atom stereocenters. The molecule has 0 aromatic heterocycles. The first-order valence-electron chi connectivity index (χ1n) is 7.71. The Bertz CT molecular complexity index is 828. The quantitative estimate of drug-likeness (QED) is 0.334. The van der Waals surface area contributed by atoms with Crippen LogP contribution in [0, 0.1) is 5.92 Å². The molecule has 2 rings (SSSR count). The molecule has 0 amide bonds. The van der Waals surface area contributed by atoms with E-state index >= 15 is 0 Å². The predicted octanol–water partition coefficient (Wildman–Crippen LogP) is 4.87. The van der Waals surface area contributed by atoms with E-state index in [1.165, 1.54) is 12.1 Å². The lowest BCUT2D eigenvalue weighted by molar-refractivity contribution is -0.264. The van der Waals surface area contributed by atoms with Gasteiger partial charge in [-0.1, -0.05) is 12.1 Å². The Labute approximate surface area is 155 Å². The van der Waals surface area contributed by atoms with Crippen molar-refractivity contribution in [2.45, 2.75) is 12.4 Å². The summed E-state index contributed by atoms with van der Waals surface area (Å²) in [5.41, 5.74) is -0.217. The average Bonchev–Trinajstić information content (AvgIpc) is 2.60. The predicted molar refractivity (Wildman–Crippen MR) is 87.3 cm³/mol. The van der Waals surface area contributed by atoms with E-state index < -0.39 is 35.6 Å². The van der Waals surface area contributed by atoms with Gasteiger partial charge in [-0.3, -0.25) is 4.79 Å². The summed E-state index contributed by atoms with van der Waals surface area (Å²) in [7, 11) is 1.69. The molecule has 2 aromatic carbocycles. The second-order valence-electron chi connectivity index (χ2n) is 5.62. The molecule has 150 valence electrons. The van der Waals surface area contributed by atoms with Crippen LogP contribution in [-0.2, 0) is 0 Å². The van der Waals surface area contributed by atoms with Crippen molar-refractivity contribution in [1.82, 2.24) is 0 Å². The fourth-order valence-electron chi connectivity index (χ4n) is 2.28. The van der Waals surface area contributed by atoms with Gasteiger partial charge in [-0.2, -0.15) is 26.3 Å². The van der Waals surface area contributed by atoms with Gasteiger partial charge in [0.2, 0.25) is 5.92 Å². The van der Waals surface area contributed by atoms with Crippen molar-refractivity contribution in [2.24, 2.45) is 5.92 Å². The van der Waals surface area contributed by atoms with E-state index in [9.17, 15) is 35.9 Å². The zero-order chi connectivity index (χ0) is 21.1. The van der Waals surface area contributed by atoms with E-state index in [4.69, 9.17) is 4.74 Å². The van der Waals surface area contributed by atoms with Crippen LogP contribution in [0.1, 0.15) is 20.7 Å². The van der Waals surface area contributed by atoms with Crippen molar-refractivity contribution in [3.8, 4) is 5.75 Å². The Morgan fingerprint density at radius 3 is 1.71 bits per heavy atom. The second-order valence-corrected chi connectivity index (χ2v) is 5.62. The summed E-state index contributed by atoms with van der Waals surface area (Å²) < 4.78 is 80.9. The SMILES string of the molecule is CNc1ccc(OC(=O)c2ccc(C(=O)C(C(F)(F)F)C(F)(F)F)cc2)cc1. The molecule has 0 aliphatic carbocycles. The van der Waals surface area contributed by atoms with Crippen molar-refractivity contribution >= 4 is 17.4 Å². The van der Waals surface area contributed by atoms with Crippen molar-refractivity contribution in [3.63, 3.8) is 0 Å². The van der Waals surface area contributed by atoms with Gasteiger partial charge in [0, 0.05) is 18.3 Å². The van der Waals surface area contributed by atoms with Gasteiger partial charge in [-0.15, -0.1) is 0 Å². The summed E-state index contributed by atoms with van der Waals surface area (Å²) in [5.74, 6) is -7.00. The Morgan fingerprint density at radius 1 is 0.821 bits per heavy atom. The Balaban J connectivity index is 2.17. The molecule has 0 aliphatic rings. The van der Waals surface area contributed by atoms with E-state index in [0.717, 1.165) is 17.8 Å². The smallest absolute Gasteiger partial charge is 0.407 e. The monoisotopic (exact) mass is 405 g/mol. The fourth-order valence-corrected chi connectivity index (χ4v) is 2.28. The average molecular weight is 405 g/mol. The van der Waals surface area contributed by atoms with Crippen LogP contribution in [0.5, 0.6) is 5.75 Å². The number of anilines is 1. The molecule has 1 N–H and O–H groups in total. The number of benzene rings is 2. The Kier molecular flexibility index (Phi) is 6.01. The van der Waals surface area contributed by atoms with Gasteiger partial charge in [0.25, 0.3) is 0 Å². The first kappa shape index (κ1) is 21.3. The molecule has 0 spiro atoms. The highest BCUT2D eigenvalue weighted by molar-refractivity contribution is 6.00. The number of carbonyl (C=O) groups excluding carboxylic acids is 2. The van der Waals surface area contributed by atoms with Crippen LogP contribution in [0.25, 0.3) is 0 Å². The lowest BCUT2D eigenvalue weighted by Crippen LogP contribution is -2.42. The summed E-state index contributed by atoms with van der Waals surface area (Å²) in [6.45, 7) is 0. The van der Waals surface area contributed by atoms with Crippen molar-refractivity contribution in [2.75, 3.05) is 12.4 Å². The van der Waals surface area contributed by atoms with E-state index in [1.54, 1.807) is 19.2 Å². The highest BCUT2D eigenvalue weighted by Crippen LogP contribution is 2.41. The van der Waals surface area contributed by atoms with Gasteiger partial charge in [0.15, 0.2) is 5.78 Å². The van der Waals surface area contributed by atoms with Crippen LogP contribution in [0.15, 0.2) is 48.5 Å². The molecule has 0 bridgehead atoms. The van der Waals surface area contributed by atoms with Crippen LogP contribution in [0.3, 0.4) is 0 Å². The largest absolute Gasteiger partial charge is 0.423 e. The normalized spacial score (nSPS) is 12.0. The molecule has 0 heterocycles. The maximum atomic E-state index is 12.6. The number of alkyl halides is 6. The molecule has 4 nitrogen and oxygen atoms in total. The zero-order valence-corrected chi connectivity index (χ0v) is 14.2. The second kappa shape index (κ2) is 7.91. The minimum Gasteiger partial charge on any atom is -0.423 e. The van der Waals surface area contributed by atoms with Crippen LogP contribution in [0.2, 0.25) is 0 Å². The van der Waals surface area contributed by atoms with Gasteiger partial charge in [-0.05, 0) is 36.4 Å². The number of carbonyl (C=O) groups is 2. The first-order chi connectivity index (χ1) is 12.9. The molecule has 0 radical (unpaired) electrons. The molecular weight excluding hydrogens is 392 g/mol. The molecule has 2 aromatic rings. The third-order valence-electron chi connectivity index (χ3n) is 3.68. The lowest BCUT2D eigenvalue weighted by Gasteiger charge is -2.21. The maximum absolute atomic E-state index is 12.6. The summed E-state index contributed by atoms with van der Waals surface area (Å²) >= 11 is 0. The standard InChI is InChI=1S/C18H13F6NO3/c1-25-12-6-8-13(9-7-12)28-16(27)11-4-2-10(3-5-11)14(26)15(17(19,20)21)18(22,23)24/h2-9,15,25H,1H3. The minimum absolute atomic E-state index is 0.148. The fraction of sp³-hybridized carbons (Fsp3) is 0.222. The number of ketones is 1. The minimum atomic E-state index is -5.79. The van der Waals surface area contributed by atoms with Gasteiger partial charge in [0.05, 0.1) is 5.56 Å². The van der Waals surface area contributed by atoms with Gasteiger partial charge in [0.1, 0.15) is 5.75 Å². The number of halogens is 6. The molecule has 0 fully saturated rings. The van der Waals surface area contributed by atoms with Crippen LogP contribution < -0.4 is 10.1 Å². The summed E-state index contributed by atoms with van der Waals surface area (Å²) in [5, 5.41) is 2.85. The van der Waals surface area contributed by atoms with E-state index in [0.29, 0.717) is 12.1 Å². The maximum Gasteiger partial charge on any atom is 0.407 e. The number of Topliss-reactive ketones (excluding diaryl/α,β-unsaturated/α-hetero) is 1. The molecule has 0 aliphatic heterocycles. The summed E-state index contributed by atoms with van der Waals surface area (Å²) in [4.78, 5) is 23.7. The topological polar surface area (TPSA) is 55.4 Å². The summed E-state index contributed by atoms with van der Waals surface area (Å²) in [6.07, 6.45) is -11.6. The highest BCUT2D eigenvalue weighted by Gasteiger charge is 2.60. The number of hydrogen-bond donors (Lipinski definition) is 1. The van der Waals surface area contributed by atoms with Crippen LogP contribution in [0.4, 0.5) is 32.0 Å². The number of nitrogens with one attached hydrogen (secondary N) is 1. The number of hydrogen-bond acceptors (Lipinski definition) is 4. The van der Waals surface area contributed by atoms with Crippen LogP contribution in [-0.4, -0.2) is 31.2 Å². The highest BCUT2D eigenvalue weighted by atomic mass is 19.4. The number of rotatable bonds is 5. The van der Waals surface area contributed by atoms with Gasteiger partial charge in [-0.25, -0.2) is 4.79 Å². The van der Waals surface area contributed by atoms with Crippen molar-refractivity contribution < 1.29 is 40.7 Å². The first-order valence-corrected chi connectivity index (χ1v) is 7.71. The Hall–Kier alpha value is -3.04. The third-order valence-corrected chi connectivity index (χ3v) is 3.68. The van der Waals surface area contributed by atoms with Crippen molar-refractivity contribution in [3.05, 3.63) is 59.7 Å². The molecule has 28 heavy (non-hydrogen) atoms. The van der Waals surface area contributed by atoms with Gasteiger partial charge >= 0.3 is 18.3 Å². The van der Waals surface area contributed by atoms with E-state index in [1.807, 2.05) is 0 Å². The molecule has 0 unspecified atom stereocenters. The van der Waals surface area contributed by atoms with Gasteiger partial charge < -0.3 is 10.1 Å². The third kappa shape index (κ3) is 5.02. The van der Waals surface area contributed by atoms with Crippen LogP contribution >= 0.6 is 0 Å². The number of esters is 1. The lowest BCUT2D eigenvalue weighted by atomic mass is 9.95. The molecule has 0 saturated heterocycles. The zero-order valence-electron chi connectivity index (χ0n) is 14.2.